The number of nitrogen functional groups attached to an aromatic ring is 1. The quantitative estimate of drug-likeness (QED) is 0.801. The van der Waals surface area contributed by atoms with Gasteiger partial charge >= 0.3 is 0 Å². The number of aromatic nitrogens is 3. The molecule has 7 heteroatoms. The fourth-order valence-electron chi connectivity index (χ4n) is 2.39. The standard InChI is InChI=1S/C16H15FN4O2/c1-22-12-8-5-9-13(23-2)14(12)21-15(19-20-16(21)18)10-6-3-4-7-11(10)17/h3-9H,1-2H3,(H2,18,20). The van der Waals surface area contributed by atoms with E-state index in [1.54, 1.807) is 36.4 Å². The molecule has 3 rings (SSSR count). The Balaban J connectivity index is 2.31. The first-order valence-corrected chi connectivity index (χ1v) is 6.84. The molecular formula is C16H15FN4O2. The molecule has 2 N–H and O–H groups in total. The van der Waals surface area contributed by atoms with Crippen LogP contribution in [0.3, 0.4) is 0 Å². The Labute approximate surface area is 132 Å². The van der Waals surface area contributed by atoms with Crippen LogP contribution in [0.15, 0.2) is 42.5 Å². The Bertz CT molecular complexity index is 826. The first-order valence-electron chi connectivity index (χ1n) is 6.84. The van der Waals surface area contributed by atoms with Gasteiger partial charge in [-0.05, 0) is 24.3 Å². The number of para-hydroxylation sites is 1. The summed E-state index contributed by atoms with van der Waals surface area (Å²) in [6.07, 6.45) is 0. The third-order valence-electron chi connectivity index (χ3n) is 3.43. The van der Waals surface area contributed by atoms with Gasteiger partial charge in [0.15, 0.2) is 5.82 Å². The summed E-state index contributed by atoms with van der Waals surface area (Å²) in [5, 5.41) is 7.89. The van der Waals surface area contributed by atoms with Crippen molar-refractivity contribution in [3.05, 3.63) is 48.3 Å². The van der Waals surface area contributed by atoms with E-state index in [-0.39, 0.29) is 17.3 Å². The normalized spacial score (nSPS) is 10.6. The predicted molar refractivity (Wildman–Crippen MR) is 84.3 cm³/mol. The number of nitrogens with two attached hydrogens (primary N) is 1. The summed E-state index contributed by atoms with van der Waals surface area (Å²) in [6.45, 7) is 0. The molecular weight excluding hydrogens is 299 g/mol. The largest absolute Gasteiger partial charge is 0.494 e. The van der Waals surface area contributed by atoms with Crippen LogP contribution in [0, 0.1) is 5.82 Å². The Hall–Kier alpha value is -3.09. The van der Waals surface area contributed by atoms with E-state index in [4.69, 9.17) is 15.2 Å². The maximum absolute atomic E-state index is 14.2. The van der Waals surface area contributed by atoms with Crippen LogP contribution in [0.5, 0.6) is 11.5 Å². The van der Waals surface area contributed by atoms with Gasteiger partial charge in [-0.1, -0.05) is 18.2 Å². The SMILES string of the molecule is COc1cccc(OC)c1-n1c(N)nnc1-c1ccccc1F. The third-order valence-corrected chi connectivity index (χ3v) is 3.43. The lowest BCUT2D eigenvalue weighted by Crippen LogP contribution is -2.07. The van der Waals surface area contributed by atoms with Gasteiger partial charge in [0.1, 0.15) is 23.0 Å². The van der Waals surface area contributed by atoms with Crippen LogP contribution in [0.4, 0.5) is 10.3 Å². The molecule has 0 fully saturated rings. The van der Waals surface area contributed by atoms with Gasteiger partial charge in [-0.2, -0.15) is 0 Å². The Morgan fingerprint density at radius 3 is 2.22 bits per heavy atom. The molecule has 0 radical (unpaired) electrons. The molecule has 0 saturated carbocycles. The topological polar surface area (TPSA) is 75.2 Å². The number of anilines is 1. The van der Waals surface area contributed by atoms with E-state index in [1.165, 1.54) is 24.9 Å². The van der Waals surface area contributed by atoms with Crippen molar-refractivity contribution in [2.45, 2.75) is 0 Å². The second kappa shape index (κ2) is 5.96. The second-order valence-electron chi connectivity index (χ2n) is 4.71. The molecule has 0 bridgehead atoms. The molecule has 23 heavy (non-hydrogen) atoms. The van der Waals surface area contributed by atoms with Crippen LogP contribution in [0.25, 0.3) is 17.1 Å². The van der Waals surface area contributed by atoms with Crippen LogP contribution in [-0.2, 0) is 0 Å². The van der Waals surface area contributed by atoms with Gasteiger partial charge in [0.25, 0.3) is 0 Å². The van der Waals surface area contributed by atoms with Crippen LogP contribution >= 0.6 is 0 Å². The summed E-state index contributed by atoms with van der Waals surface area (Å²) in [7, 11) is 3.06. The lowest BCUT2D eigenvalue weighted by molar-refractivity contribution is 0.391. The highest BCUT2D eigenvalue weighted by Gasteiger charge is 2.22. The number of rotatable bonds is 4. The average Bonchev–Trinajstić information content (AvgIpc) is 2.95. The van der Waals surface area contributed by atoms with Crippen molar-refractivity contribution < 1.29 is 13.9 Å². The van der Waals surface area contributed by atoms with E-state index in [0.29, 0.717) is 17.2 Å². The maximum Gasteiger partial charge on any atom is 0.227 e. The number of nitrogens with zero attached hydrogens (tertiary/aromatic N) is 3. The minimum Gasteiger partial charge on any atom is -0.494 e. The zero-order chi connectivity index (χ0) is 16.4. The zero-order valence-corrected chi connectivity index (χ0v) is 12.7. The van der Waals surface area contributed by atoms with E-state index >= 15 is 0 Å². The molecule has 6 nitrogen and oxygen atoms in total. The molecule has 0 unspecified atom stereocenters. The fraction of sp³-hybridized carbons (Fsp3) is 0.125. The molecule has 0 aliphatic rings. The summed E-state index contributed by atoms with van der Waals surface area (Å²) in [6, 6.07) is 11.6. The molecule has 1 aromatic heterocycles. The molecule has 1 heterocycles. The Morgan fingerprint density at radius 1 is 0.957 bits per heavy atom. The molecule has 0 spiro atoms. The number of halogens is 1. The van der Waals surface area contributed by atoms with Gasteiger partial charge in [0.2, 0.25) is 5.95 Å². The minimum absolute atomic E-state index is 0.103. The van der Waals surface area contributed by atoms with Crippen molar-refractivity contribution in [1.82, 2.24) is 14.8 Å². The number of ether oxygens (including phenoxy) is 2. The van der Waals surface area contributed by atoms with Gasteiger partial charge in [-0.3, -0.25) is 4.57 Å². The highest BCUT2D eigenvalue weighted by Crippen LogP contribution is 2.37. The van der Waals surface area contributed by atoms with E-state index in [0.717, 1.165) is 0 Å². The average molecular weight is 314 g/mol. The highest BCUT2D eigenvalue weighted by atomic mass is 19.1. The molecule has 0 amide bonds. The summed E-state index contributed by atoms with van der Waals surface area (Å²) < 4.78 is 26.4. The molecule has 0 atom stereocenters. The van der Waals surface area contributed by atoms with Gasteiger partial charge in [0, 0.05) is 0 Å². The number of hydrogen-bond acceptors (Lipinski definition) is 5. The van der Waals surface area contributed by atoms with Crippen LogP contribution in [0.2, 0.25) is 0 Å². The predicted octanol–water partition coefficient (Wildman–Crippen LogP) is 2.67. The van der Waals surface area contributed by atoms with Crippen molar-refractivity contribution in [2.75, 3.05) is 20.0 Å². The van der Waals surface area contributed by atoms with Crippen molar-refractivity contribution in [3.8, 4) is 28.6 Å². The third kappa shape index (κ3) is 2.46. The van der Waals surface area contributed by atoms with E-state index in [9.17, 15) is 4.39 Å². The van der Waals surface area contributed by atoms with E-state index in [1.807, 2.05) is 0 Å². The minimum atomic E-state index is -0.421. The fourth-order valence-corrected chi connectivity index (χ4v) is 2.39. The lowest BCUT2D eigenvalue weighted by Gasteiger charge is -2.16. The van der Waals surface area contributed by atoms with Crippen LogP contribution in [-0.4, -0.2) is 29.0 Å². The molecule has 0 saturated heterocycles. The van der Waals surface area contributed by atoms with Gasteiger partial charge < -0.3 is 15.2 Å². The summed E-state index contributed by atoms with van der Waals surface area (Å²) in [5.74, 6) is 0.964. The molecule has 2 aromatic carbocycles. The number of methoxy groups -OCH3 is 2. The monoisotopic (exact) mass is 314 g/mol. The molecule has 3 aromatic rings. The highest BCUT2D eigenvalue weighted by molar-refractivity contribution is 5.67. The van der Waals surface area contributed by atoms with Crippen molar-refractivity contribution >= 4 is 5.95 Å². The zero-order valence-electron chi connectivity index (χ0n) is 12.7. The van der Waals surface area contributed by atoms with Crippen molar-refractivity contribution in [2.24, 2.45) is 0 Å². The second-order valence-corrected chi connectivity index (χ2v) is 4.71. The lowest BCUT2D eigenvalue weighted by atomic mass is 10.2. The molecule has 0 aliphatic heterocycles. The van der Waals surface area contributed by atoms with E-state index < -0.39 is 5.82 Å². The van der Waals surface area contributed by atoms with Crippen LogP contribution in [0.1, 0.15) is 0 Å². The van der Waals surface area contributed by atoms with Crippen molar-refractivity contribution in [1.29, 1.82) is 0 Å². The summed E-state index contributed by atoms with van der Waals surface area (Å²) >= 11 is 0. The number of benzene rings is 2. The molecule has 0 aliphatic carbocycles. The van der Waals surface area contributed by atoms with Crippen LogP contribution < -0.4 is 15.2 Å². The Morgan fingerprint density at radius 2 is 1.61 bits per heavy atom. The maximum atomic E-state index is 14.2. The van der Waals surface area contributed by atoms with Gasteiger partial charge in [-0.15, -0.1) is 10.2 Å². The first kappa shape index (κ1) is 14.8. The summed E-state index contributed by atoms with van der Waals surface area (Å²) in [5.41, 5.74) is 6.76. The summed E-state index contributed by atoms with van der Waals surface area (Å²) in [4.78, 5) is 0. The number of hydrogen-bond donors (Lipinski definition) is 1. The van der Waals surface area contributed by atoms with E-state index in [2.05, 4.69) is 10.2 Å². The van der Waals surface area contributed by atoms with Crippen molar-refractivity contribution in [3.63, 3.8) is 0 Å². The first-order chi connectivity index (χ1) is 11.2. The molecule has 118 valence electrons. The Kier molecular flexibility index (Phi) is 3.84. The smallest absolute Gasteiger partial charge is 0.227 e. The van der Waals surface area contributed by atoms with Gasteiger partial charge in [-0.25, -0.2) is 4.39 Å². The van der Waals surface area contributed by atoms with Gasteiger partial charge in [0.05, 0.1) is 19.8 Å².